The fourth-order valence-corrected chi connectivity index (χ4v) is 2.51. The Morgan fingerprint density at radius 2 is 1.74 bits per heavy atom. The van der Waals surface area contributed by atoms with Gasteiger partial charge in [0.2, 0.25) is 11.2 Å². The van der Waals surface area contributed by atoms with Gasteiger partial charge in [0, 0.05) is 12.5 Å². The van der Waals surface area contributed by atoms with Crippen LogP contribution in [0.25, 0.3) is 11.0 Å². The molecule has 1 aromatic heterocycles. The van der Waals surface area contributed by atoms with Crippen LogP contribution >= 0.6 is 0 Å². The topological polar surface area (TPSA) is 65.7 Å². The third-order valence-corrected chi connectivity index (χ3v) is 3.69. The average Bonchev–Trinajstić information content (AvgIpc) is 2.59. The highest BCUT2D eigenvalue weighted by Gasteiger charge is 2.40. The zero-order valence-corrected chi connectivity index (χ0v) is 14.2. The molecule has 0 aliphatic carbocycles. The number of fused-ring (bicyclic) bond motifs is 1. The SMILES string of the molecule is CC(=O)Oc1ccc2c(=O)c(Oc3ccccc3)c(C(F)(F)F)oc2c1C. The molecule has 0 atom stereocenters. The first-order chi connectivity index (χ1) is 12.7. The van der Waals surface area contributed by atoms with Crippen LogP contribution in [0.15, 0.2) is 51.7 Å². The molecule has 0 aliphatic rings. The molecule has 0 spiro atoms. The van der Waals surface area contributed by atoms with Gasteiger partial charge in [0.15, 0.2) is 0 Å². The van der Waals surface area contributed by atoms with Crippen molar-refractivity contribution in [3.8, 4) is 17.2 Å². The summed E-state index contributed by atoms with van der Waals surface area (Å²) < 4.78 is 55.7. The molecule has 0 fully saturated rings. The summed E-state index contributed by atoms with van der Waals surface area (Å²) >= 11 is 0. The summed E-state index contributed by atoms with van der Waals surface area (Å²) in [5.41, 5.74) is -1.21. The number of ether oxygens (including phenoxy) is 2. The largest absolute Gasteiger partial charge is 0.453 e. The van der Waals surface area contributed by atoms with Gasteiger partial charge in [-0.05, 0) is 31.2 Å². The second-order valence-electron chi connectivity index (χ2n) is 5.66. The minimum atomic E-state index is -4.97. The number of rotatable bonds is 3. The van der Waals surface area contributed by atoms with Crippen LogP contribution in [0.5, 0.6) is 17.2 Å². The van der Waals surface area contributed by atoms with Gasteiger partial charge in [0.05, 0.1) is 5.39 Å². The quantitative estimate of drug-likeness (QED) is 0.482. The van der Waals surface area contributed by atoms with E-state index in [1.54, 1.807) is 18.2 Å². The molecule has 140 valence electrons. The summed E-state index contributed by atoms with van der Waals surface area (Å²) in [5, 5.41) is -0.123. The summed E-state index contributed by atoms with van der Waals surface area (Å²) in [6.45, 7) is 2.54. The molecule has 8 heteroatoms. The Morgan fingerprint density at radius 1 is 1.07 bits per heavy atom. The number of benzene rings is 2. The number of aryl methyl sites for hydroxylation is 1. The molecule has 0 amide bonds. The molecule has 0 unspecified atom stereocenters. The molecule has 0 aliphatic heterocycles. The van der Waals surface area contributed by atoms with Gasteiger partial charge in [-0.3, -0.25) is 9.59 Å². The molecule has 3 aromatic rings. The molecule has 27 heavy (non-hydrogen) atoms. The number of hydrogen-bond acceptors (Lipinski definition) is 5. The summed E-state index contributed by atoms with van der Waals surface area (Å²) in [6.07, 6.45) is -4.97. The third-order valence-electron chi connectivity index (χ3n) is 3.69. The number of para-hydroxylation sites is 1. The standard InChI is InChI=1S/C19H13F3O5/c1-10-14(25-11(2)23)9-8-13-15(24)17(26-12-6-4-3-5-7-12)18(19(20,21)22)27-16(10)13/h3-9H,1-2H3. The first-order valence-corrected chi connectivity index (χ1v) is 7.77. The molecule has 0 bridgehead atoms. The van der Waals surface area contributed by atoms with Gasteiger partial charge in [-0.15, -0.1) is 0 Å². The van der Waals surface area contributed by atoms with Gasteiger partial charge in [-0.2, -0.15) is 13.2 Å². The smallest absolute Gasteiger partial charge is 0.449 e. The third kappa shape index (κ3) is 3.64. The van der Waals surface area contributed by atoms with E-state index < -0.39 is 29.1 Å². The van der Waals surface area contributed by atoms with Crippen molar-refractivity contribution in [2.45, 2.75) is 20.0 Å². The van der Waals surface area contributed by atoms with Crippen LogP contribution in [0.4, 0.5) is 13.2 Å². The molecule has 1 heterocycles. The van der Waals surface area contributed by atoms with Crippen LogP contribution < -0.4 is 14.9 Å². The fourth-order valence-electron chi connectivity index (χ4n) is 2.51. The first-order valence-electron chi connectivity index (χ1n) is 7.77. The van der Waals surface area contributed by atoms with E-state index in [9.17, 15) is 22.8 Å². The first kappa shape index (κ1) is 18.5. The molecule has 0 N–H and O–H groups in total. The van der Waals surface area contributed by atoms with E-state index in [0.717, 1.165) is 6.92 Å². The number of esters is 1. The van der Waals surface area contributed by atoms with Gasteiger partial charge in [-0.25, -0.2) is 0 Å². The van der Waals surface area contributed by atoms with Crippen molar-refractivity contribution in [3.05, 3.63) is 64.0 Å². The lowest BCUT2D eigenvalue weighted by Crippen LogP contribution is -2.16. The van der Waals surface area contributed by atoms with E-state index in [2.05, 4.69) is 0 Å². The second-order valence-corrected chi connectivity index (χ2v) is 5.66. The Bertz CT molecular complexity index is 1070. The minimum absolute atomic E-state index is 0.00278. The zero-order valence-electron chi connectivity index (χ0n) is 14.2. The lowest BCUT2D eigenvalue weighted by molar-refractivity contribution is -0.154. The van der Waals surface area contributed by atoms with E-state index >= 15 is 0 Å². The number of carbonyl (C=O) groups is 1. The molecule has 2 aromatic carbocycles. The maximum atomic E-state index is 13.5. The highest BCUT2D eigenvalue weighted by atomic mass is 19.4. The van der Waals surface area contributed by atoms with Crippen molar-refractivity contribution < 1.29 is 31.9 Å². The number of carbonyl (C=O) groups excluding carboxylic acids is 1. The lowest BCUT2D eigenvalue weighted by Gasteiger charge is -2.15. The fraction of sp³-hybridized carbons (Fsp3) is 0.158. The van der Waals surface area contributed by atoms with Crippen molar-refractivity contribution in [1.82, 2.24) is 0 Å². The minimum Gasteiger partial charge on any atom is -0.449 e. The van der Waals surface area contributed by atoms with E-state index in [-0.39, 0.29) is 28.0 Å². The van der Waals surface area contributed by atoms with E-state index in [1.165, 1.54) is 31.2 Å². The Hall–Kier alpha value is -3.29. The molecular weight excluding hydrogens is 365 g/mol. The van der Waals surface area contributed by atoms with Crippen LogP contribution in [0, 0.1) is 6.92 Å². The van der Waals surface area contributed by atoms with Crippen LogP contribution in [-0.2, 0) is 11.0 Å². The van der Waals surface area contributed by atoms with Crippen LogP contribution in [0.1, 0.15) is 18.2 Å². The van der Waals surface area contributed by atoms with Gasteiger partial charge < -0.3 is 13.9 Å². The summed E-state index contributed by atoms with van der Waals surface area (Å²) in [5.74, 6) is -3.11. The van der Waals surface area contributed by atoms with Crippen LogP contribution in [0.3, 0.4) is 0 Å². The van der Waals surface area contributed by atoms with Crippen LogP contribution in [0.2, 0.25) is 0 Å². The normalized spacial score (nSPS) is 11.4. The zero-order chi connectivity index (χ0) is 19.8. The lowest BCUT2D eigenvalue weighted by atomic mass is 10.1. The highest BCUT2D eigenvalue weighted by molar-refractivity contribution is 5.84. The molecule has 5 nitrogen and oxygen atoms in total. The number of alkyl halides is 3. The van der Waals surface area contributed by atoms with Crippen molar-refractivity contribution in [1.29, 1.82) is 0 Å². The van der Waals surface area contributed by atoms with Crippen molar-refractivity contribution in [3.63, 3.8) is 0 Å². The molecule has 0 saturated heterocycles. The van der Waals surface area contributed by atoms with Crippen LogP contribution in [-0.4, -0.2) is 5.97 Å². The predicted octanol–water partition coefficient (Wildman–Crippen LogP) is 4.84. The van der Waals surface area contributed by atoms with E-state index in [4.69, 9.17) is 13.9 Å². The molecule has 0 radical (unpaired) electrons. The number of halogens is 3. The van der Waals surface area contributed by atoms with E-state index in [0.29, 0.717) is 0 Å². The second kappa shape index (κ2) is 6.79. The Morgan fingerprint density at radius 3 is 2.33 bits per heavy atom. The summed E-state index contributed by atoms with van der Waals surface area (Å²) in [6, 6.07) is 10.1. The summed E-state index contributed by atoms with van der Waals surface area (Å²) in [7, 11) is 0. The van der Waals surface area contributed by atoms with E-state index in [1.807, 2.05) is 0 Å². The highest BCUT2D eigenvalue weighted by Crippen LogP contribution is 2.39. The van der Waals surface area contributed by atoms with Gasteiger partial charge in [0.25, 0.3) is 5.76 Å². The molecule has 0 saturated carbocycles. The maximum absolute atomic E-state index is 13.5. The van der Waals surface area contributed by atoms with Crippen molar-refractivity contribution >= 4 is 16.9 Å². The van der Waals surface area contributed by atoms with Gasteiger partial charge in [-0.1, -0.05) is 18.2 Å². The average molecular weight is 378 g/mol. The Labute approximate surface area is 150 Å². The van der Waals surface area contributed by atoms with Gasteiger partial charge in [0.1, 0.15) is 17.1 Å². The Balaban J connectivity index is 2.28. The number of hydrogen-bond donors (Lipinski definition) is 0. The van der Waals surface area contributed by atoms with Crippen molar-refractivity contribution in [2.75, 3.05) is 0 Å². The monoisotopic (exact) mass is 378 g/mol. The maximum Gasteiger partial charge on any atom is 0.453 e. The predicted molar refractivity (Wildman–Crippen MR) is 90.0 cm³/mol. The molecule has 3 rings (SSSR count). The van der Waals surface area contributed by atoms with Gasteiger partial charge >= 0.3 is 12.1 Å². The Kier molecular flexibility index (Phi) is 4.65. The molecular formula is C19H13F3O5. The van der Waals surface area contributed by atoms with Crippen molar-refractivity contribution in [2.24, 2.45) is 0 Å². The summed E-state index contributed by atoms with van der Waals surface area (Å²) in [4.78, 5) is 23.8.